The Bertz CT molecular complexity index is 431. The van der Waals surface area contributed by atoms with Crippen LogP contribution >= 0.6 is 0 Å². The van der Waals surface area contributed by atoms with Crippen LogP contribution in [-0.4, -0.2) is 35.6 Å². The molecule has 2 fully saturated rings. The van der Waals surface area contributed by atoms with Crippen LogP contribution in [-0.2, 0) is 4.79 Å². The monoisotopic (exact) mass is 245 g/mol. The van der Waals surface area contributed by atoms with Crippen molar-refractivity contribution < 1.29 is 9.90 Å². The molecule has 0 aromatic heterocycles. The van der Waals surface area contributed by atoms with Crippen molar-refractivity contribution in [3.05, 3.63) is 35.9 Å². The molecule has 18 heavy (non-hydrogen) atoms. The molecule has 1 heterocycles. The van der Waals surface area contributed by atoms with E-state index in [2.05, 4.69) is 4.90 Å². The van der Waals surface area contributed by atoms with Gasteiger partial charge in [-0.2, -0.15) is 0 Å². The Morgan fingerprint density at radius 2 is 1.94 bits per heavy atom. The normalized spacial score (nSPS) is 23.1. The van der Waals surface area contributed by atoms with Crippen molar-refractivity contribution in [3.63, 3.8) is 0 Å². The van der Waals surface area contributed by atoms with E-state index in [0.29, 0.717) is 12.0 Å². The number of benzene rings is 1. The molecule has 1 saturated carbocycles. The summed E-state index contributed by atoms with van der Waals surface area (Å²) in [5.41, 5.74) is 1.49. The summed E-state index contributed by atoms with van der Waals surface area (Å²) < 4.78 is 0. The number of carbonyl (C=O) groups is 1. The summed E-state index contributed by atoms with van der Waals surface area (Å²) in [6.45, 7) is 2.86. The zero-order valence-electron chi connectivity index (χ0n) is 10.5. The van der Waals surface area contributed by atoms with E-state index < -0.39 is 5.97 Å². The number of aliphatic carboxylic acids is 1. The van der Waals surface area contributed by atoms with E-state index in [1.54, 1.807) is 0 Å². The molecule has 1 unspecified atom stereocenters. The minimum atomic E-state index is -0.712. The summed E-state index contributed by atoms with van der Waals surface area (Å²) in [5, 5.41) is 9.37. The van der Waals surface area contributed by atoms with Crippen LogP contribution in [0.1, 0.15) is 30.7 Å². The Morgan fingerprint density at radius 1 is 1.28 bits per heavy atom. The van der Waals surface area contributed by atoms with Crippen molar-refractivity contribution >= 4 is 5.97 Å². The maximum Gasteiger partial charge on any atom is 0.312 e. The van der Waals surface area contributed by atoms with Crippen LogP contribution in [0, 0.1) is 5.41 Å². The first-order chi connectivity index (χ1) is 8.69. The van der Waals surface area contributed by atoms with Crippen LogP contribution in [0.5, 0.6) is 0 Å². The Balaban J connectivity index is 1.63. The van der Waals surface area contributed by atoms with Crippen molar-refractivity contribution in [1.82, 2.24) is 4.90 Å². The van der Waals surface area contributed by atoms with Gasteiger partial charge < -0.3 is 10.0 Å². The molecule has 3 heteroatoms. The molecule has 3 nitrogen and oxygen atoms in total. The largest absolute Gasteiger partial charge is 0.481 e. The van der Waals surface area contributed by atoms with Gasteiger partial charge in [0, 0.05) is 19.6 Å². The van der Waals surface area contributed by atoms with E-state index in [1.165, 1.54) is 19.3 Å². The van der Waals surface area contributed by atoms with Crippen LogP contribution in [0.15, 0.2) is 30.3 Å². The molecule has 1 aliphatic heterocycles. The van der Waals surface area contributed by atoms with Crippen LogP contribution < -0.4 is 0 Å². The Morgan fingerprint density at radius 3 is 2.44 bits per heavy atom. The molecule has 1 atom stereocenters. The summed E-state index contributed by atoms with van der Waals surface area (Å²) in [4.78, 5) is 13.7. The SMILES string of the molecule is O=C(O)C(CN1CC2(CCC2)C1)c1ccccc1. The lowest BCUT2D eigenvalue weighted by Crippen LogP contribution is -2.60. The average molecular weight is 245 g/mol. The molecule has 2 aliphatic rings. The first-order valence-electron chi connectivity index (χ1n) is 6.69. The third kappa shape index (κ3) is 2.03. The first kappa shape index (κ1) is 11.7. The second kappa shape index (κ2) is 4.39. The third-order valence-corrected chi connectivity index (χ3v) is 4.47. The minimum absolute atomic E-state index is 0.386. The van der Waals surface area contributed by atoms with Gasteiger partial charge in [-0.1, -0.05) is 36.8 Å². The van der Waals surface area contributed by atoms with E-state index in [-0.39, 0.29) is 5.92 Å². The molecule has 0 radical (unpaired) electrons. The second-order valence-corrected chi connectivity index (χ2v) is 5.82. The highest BCUT2D eigenvalue weighted by Gasteiger charge is 2.47. The van der Waals surface area contributed by atoms with Gasteiger partial charge >= 0.3 is 5.97 Å². The maximum absolute atomic E-state index is 11.4. The number of likely N-dealkylation sites (tertiary alicyclic amines) is 1. The average Bonchev–Trinajstić information content (AvgIpc) is 2.26. The molecule has 1 aliphatic carbocycles. The van der Waals surface area contributed by atoms with Crippen molar-refractivity contribution in [2.45, 2.75) is 25.2 Å². The van der Waals surface area contributed by atoms with Crippen molar-refractivity contribution in [2.24, 2.45) is 5.41 Å². The Hall–Kier alpha value is -1.35. The lowest BCUT2D eigenvalue weighted by Gasteiger charge is -2.56. The zero-order chi connectivity index (χ0) is 12.6. The van der Waals surface area contributed by atoms with Crippen molar-refractivity contribution in [2.75, 3.05) is 19.6 Å². The van der Waals surface area contributed by atoms with E-state index in [1.807, 2.05) is 30.3 Å². The molecular formula is C15H19NO2. The molecule has 1 spiro atoms. The second-order valence-electron chi connectivity index (χ2n) is 5.82. The number of hydrogen-bond acceptors (Lipinski definition) is 2. The molecule has 1 aromatic carbocycles. The van der Waals surface area contributed by atoms with Gasteiger partial charge in [-0.3, -0.25) is 4.79 Å². The summed E-state index contributed by atoms with van der Waals surface area (Å²) in [6, 6.07) is 9.58. The maximum atomic E-state index is 11.4. The highest BCUT2D eigenvalue weighted by Crippen LogP contribution is 2.48. The number of rotatable bonds is 4. The molecular weight excluding hydrogens is 226 g/mol. The van der Waals surface area contributed by atoms with E-state index in [0.717, 1.165) is 18.7 Å². The van der Waals surface area contributed by atoms with Gasteiger partial charge in [0.05, 0.1) is 5.92 Å². The van der Waals surface area contributed by atoms with Gasteiger partial charge in [0.25, 0.3) is 0 Å². The fourth-order valence-electron chi connectivity index (χ4n) is 3.29. The Labute approximate surface area is 107 Å². The van der Waals surface area contributed by atoms with Crippen molar-refractivity contribution in [3.8, 4) is 0 Å². The molecule has 3 rings (SSSR count). The highest BCUT2D eigenvalue weighted by molar-refractivity contribution is 5.76. The van der Waals surface area contributed by atoms with Gasteiger partial charge in [-0.15, -0.1) is 0 Å². The summed E-state index contributed by atoms with van der Waals surface area (Å²) in [5.74, 6) is -1.10. The van der Waals surface area contributed by atoms with Gasteiger partial charge in [0.15, 0.2) is 0 Å². The molecule has 1 N–H and O–H groups in total. The number of nitrogens with zero attached hydrogens (tertiary/aromatic N) is 1. The van der Waals surface area contributed by atoms with Gasteiger partial charge in [0.2, 0.25) is 0 Å². The lowest BCUT2D eigenvalue weighted by atomic mass is 9.63. The van der Waals surface area contributed by atoms with E-state index >= 15 is 0 Å². The predicted octanol–water partition coefficient (Wildman–Crippen LogP) is 2.34. The number of carboxylic acids is 1. The minimum Gasteiger partial charge on any atom is -0.481 e. The standard InChI is InChI=1S/C15H19NO2/c17-14(18)13(12-5-2-1-3-6-12)9-16-10-15(11-16)7-4-8-15/h1-3,5-6,13H,4,7-11H2,(H,17,18). The summed E-state index contributed by atoms with van der Waals surface area (Å²) in [7, 11) is 0. The first-order valence-corrected chi connectivity index (χ1v) is 6.69. The Kier molecular flexibility index (Phi) is 2.86. The number of carboxylic acid groups (broad SMARTS) is 1. The third-order valence-electron chi connectivity index (χ3n) is 4.47. The van der Waals surface area contributed by atoms with Crippen LogP contribution in [0.25, 0.3) is 0 Å². The van der Waals surface area contributed by atoms with Crippen LogP contribution in [0.4, 0.5) is 0 Å². The predicted molar refractivity (Wildman–Crippen MR) is 69.5 cm³/mol. The van der Waals surface area contributed by atoms with Crippen LogP contribution in [0.3, 0.4) is 0 Å². The van der Waals surface area contributed by atoms with Gasteiger partial charge in [0.1, 0.15) is 0 Å². The van der Waals surface area contributed by atoms with Gasteiger partial charge in [-0.25, -0.2) is 0 Å². The highest BCUT2D eigenvalue weighted by atomic mass is 16.4. The molecule has 0 amide bonds. The van der Waals surface area contributed by atoms with E-state index in [4.69, 9.17) is 0 Å². The quantitative estimate of drug-likeness (QED) is 0.885. The smallest absolute Gasteiger partial charge is 0.312 e. The fourth-order valence-corrected chi connectivity index (χ4v) is 3.29. The van der Waals surface area contributed by atoms with Crippen molar-refractivity contribution in [1.29, 1.82) is 0 Å². The van der Waals surface area contributed by atoms with Crippen LogP contribution in [0.2, 0.25) is 0 Å². The molecule has 96 valence electrons. The molecule has 1 saturated heterocycles. The zero-order valence-corrected chi connectivity index (χ0v) is 10.5. The molecule has 1 aromatic rings. The lowest BCUT2D eigenvalue weighted by molar-refractivity contribution is -0.141. The molecule has 0 bridgehead atoms. The summed E-state index contributed by atoms with van der Waals surface area (Å²) >= 11 is 0. The topological polar surface area (TPSA) is 40.5 Å². The van der Waals surface area contributed by atoms with E-state index in [9.17, 15) is 9.90 Å². The summed E-state index contributed by atoms with van der Waals surface area (Å²) in [6.07, 6.45) is 4.04. The van der Waals surface area contributed by atoms with Gasteiger partial charge in [-0.05, 0) is 23.8 Å². The number of hydrogen-bond donors (Lipinski definition) is 1. The fraction of sp³-hybridized carbons (Fsp3) is 0.533.